The molecule has 0 aromatic carbocycles. The van der Waals surface area contributed by atoms with Crippen molar-refractivity contribution in [3.63, 3.8) is 0 Å². The van der Waals surface area contributed by atoms with Crippen molar-refractivity contribution in [2.24, 2.45) is 5.73 Å². The molecule has 0 saturated carbocycles. The largest absolute Gasteiger partial charge is 0.481 e. The van der Waals surface area contributed by atoms with E-state index in [-0.39, 0.29) is 23.7 Å². The molecule has 1 heterocycles. The minimum Gasteiger partial charge on any atom is -0.481 e. The van der Waals surface area contributed by atoms with Crippen LogP contribution in [0.1, 0.15) is 23.2 Å². The van der Waals surface area contributed by atoms with Crippen LogP contribution in [-0.2, 0) is 6.54 Å². The van der Waals surface area contributed by atoms with Crippen molar-refractivity contribution < 1.29 is 13.5 Å². The first-order chi connectivity index (χ1) is 7.13. The molecule has 0 saturated heterocycles. The molecular formula is C9H9F2N3O. The fraction of sp³-hybridized carbons (Fsp3) is 0.333. The summed E-state index contributed by atoms with van der Waals surface area (Å²) in [6.07, 6.45) is -2.73. The van der Waals surface area contributed by atoms with Gasteiger partial charge in [0.15, 0.2) is 0 Å². The van der Waals surface area contributed by atoms with Crippen LogP contribution in [0, 0.1) is 11.3 Å². The first-order valence-corrected chi connectivity index (χ1v) is 4.10. The molecule has 1 aromatic heterocycles. The third kappa shape index (κ3) is 2.19. The molecule has 0 radical (unpaired) electrons. The Labute approximate surface area is 85.3 Å². The number of alkyl halides is 2. The molecule has 1 aromatic rings. The maximum absolute atomic E-state index is 12.5. The first kappa shape index (κ1) is 11.3. The standard InChI is InChI=1S/C9H9F2N3O/c1-15-9-6(8(10)11)2-5(3-12)7(4-13)14-9/h2,8H,4,13H2,1H3. The quantitative estimate of drug-likeness (QED) is 0.822. The maximum atomic E-state index is 12.5. The van der Waals surface area contributed by atoms with Crippen LogP contribution >= 0.6 is 0 Å². The number of hydrogen-bond donors (Lipinski definition) is 1. The number of halogens is 2. The lowest BCUT2D eigenvalue weighted by Gasteiger charge is -2.09. The number of nitrogens with zero attached hydrogens (tertiary/aromatic N) is 2. The van der Waals surface area contributed by atoms with Crippen molar-refractivity contribution in [1.82, 2.24) is 4.98 Å². The van der Waals surface area contributed by atoms with Crippen LogP contribution in [-0.4, -0.2) is 12.1 Å². The maximum Gasteiger partial charge on any atom is 0.269 e. The van der Waals surface area contributed by atoms with E-state index in [0.717, 1.165) is 6.07 Å². The Balaban J connectivity index is 3.36. The third-order valence-corrected chi connectivity index (χ3v) is 1.84. The van der Waals surface area contributed by atoms with Gasteiger partial charge in [-0.1, -0.05) is 0 Å². The molecule has 0 amide bonds. The summed E-state index contributed by atoms with van der Waals surface area (Å²) in [6.45, 7) is 0.00275. The second kappa shape index (κ2) is 4.66. The van der Waals surface area contributed by atoms with Crippen LogP contribution in [0.5, 0.6) is 5.88 Å². The average molecular weight is 213 g/mol. The van der Waals surface area contributed by atoms with Crippen molar-refractivity contribution in [3.05, 3.63) is 22.9 Å². The lowest BCUT2D eigenvalue weighted by atomic mass is 10.1. The Morgan fingerprint density at radius 1 is 1.67 bits per heavy atom. The second-order valence-electron chi connectivity index (χ2n) is 2.70. The molecule has 0 aliphatic carbocycles. The average Bonchev–Trinajstić information content (AvgIpc) is 2.26. The molecule has 0 fully saturated rings. The summed E-state index contributed by atoms with van der Waals surface area (Å²) in [7, 11) is 1.24. The number of rotatable bonds is 3. The highest BCUT2D eigenvalue weighted by atomic mass is 19.3. The van der Waals surface area contributed by atoms with Gasteiger partial charge < -0.3 is 10.5 Å². The Hall–Kier alpha value is -1.74. The summed E-state index contributed by atoms with van der Waals surface area (Å²) >= 11 is 0. The van der Waals surface area contributed by atoms with E-state index in [9.17, 15) is 8.78 Å². The van der Waals surface area contributed by atoms with Crippen LogP contribution < -0.4 is 10.5 Å². The first-order valence-electron chi connectivity index (χ1n) is 4.10. The van der Waals surface area contributed by atoms with Crippen molar-refractivity contribution in [2.45, 2.75) is 13.0 Å². The number of pyridine rings is 1. The fourth-order valence-corrected chi connectivity index (χ4v) is 1.12. The highest BCUT2D eigenvalue weighted by molar-refractivity contribution is 5.41. The molecule has 1 rings (SSSR count). The van der Waals surface area contributed by atoms with Crippen molar-refractivity contribution in [2.75, 3.05) is 7.11 Å². The van der Waals surface area contributed by atoms with E-state index in [1.165, 1.54) is 7.11 Å². The predicted molar refractivity (Wildman–Crippen MR) is 48.4 cm³/mol. The van der Waals surface area contributed by atoms with E-state index in [4.69, 9.17) is 15.7 Å². The monoisotopic (exact) mass is 213 g/mol. The zero-order valence-electron chi connectivity index (χ0n) is 8.00. The van der Waals surface area contributed by atoms with Crippen molar-refractivity contribution >= 4 is 0 Å². The van der Waals surface area contributed by atoms with Gasteiger partial charge in [0.2, 0.25) is 5.88 Å². The molecule has 2 N–H and O–H groups in total. The molecule has 0 spiro atoms. The molecule has 0 unspecified atom stereocenters. The summed E-state index contributed by atoms with van der Waals surface area (Å²) in [5.41, 5.74) is 5.22. The van der Waals surface area contributed by atoms with Gasteiger partial charge in [0.05, 0.1) is 23.9 Å². The van der Waals surface area contributed by atoms with Gasteiger partial charge in [0.1, 0.15) is 6.07 Å². The lowest BCUT2D eigenvalue weighted by Crippen LogP contribution is -2.06. The van der Waals surface area contributed by atoms with Crippen molar-refractivity contribution in [1.29, 1.82) is 5.26 Å². The predicted octanol–water partition coefficient (Wildman–Crippen LogP) is 1.36. The summed E-state index contributed by atoms with van der Waals surface area (Å²) in [4.78, 5) is 3.75. The van der Waals surface area contributed by atoms with E-state index in [0.29, 0.717) is 0 Å². The van der Waals surface area contributed by atoms with E-state index in [1.807, 2.05) is 0 Å². The van der Waals surface area contributed by atoms with E-state index in [1.54, 1.807) is 6.07 Å². The van der Waals surface area contributed by atoms with Crippen LogP contribution in [0.2, 0.25) is 0 Å². The van der Waals surface area contributed by atoms with Gasteiger partial charge in [-0.05, 0) is 6.07 Å². The van der Waals surface area contributed by atoms with Gasteiger partial charge in [-0.15, -0.1) is 0 Å². The van der Waals surface area contributed by atoms with Crippen LogP contribution in [0.25, 0.3) is 0 Å². The van der Waals surface area contributed by atoms with Gasteiger partial charge in [0, 0.05) is 6.54 Å². The summed E-state index contributed by atoms with van der Waals surface area (Å²) in [5.74, 6) is -0.190. The topological polar surface area (TPSA) is 71.9 Å². The molecule has 0 aliphatic heterocycles. The summed E-state index contributed by atoms with van der Waals surface area (Å²) in [5, 5.41) is 8.69. The van der Waals surface area contributed by atoms with Gasteiger partial charge >= 0.3 is 0 Å². The number of nitriles is 1. The number of hydrogen-bond acceptors (Lipinski definition) is 4. The van der Waals surface area contributed by atoms with Crippen molar-refractivity contribution in [3.8, 4) is 11.9 Å². The zero-order chi connectivity index (χ0) is 11.4. The van der Waals surface area contributed by atoms with Gasteiger partial charge in [-0.25, -0.2) is 13.8 Å². The summed E-state index contributed by atoms with van der Waals surface area (Å²) < 4.78 is 29.7. The zero-order valence-corrected chi connectivity index (χ0v) is 8.00. The molecule has 4 nitrogen and oxygen atoms in total. The number of ether oxygens (including phenoxy) is 1. The molecular weight excluding hydrogens is 204 g/mol. The van der Waals surface area contributed by atoms with Crippen LogP contribution in [0.15, 0.2) is 6.07 Å². The molecule has 15 heavy (non-hydrogen) atoms. The minimum atomic E-state index is -2.73. The number of aromatic nitrogens is 1. The Bertz CT molecular complexity index is 401. The number of methoxy groups -OCH3 is 1. The van der Waals surface area contributed by atoms with Gasteiger partial charge in [-0.2, -0.15) is 5.26 Å². The summed E-state index contributed by atoms with van der Waals surface area (Å²) in [6, 6.07) is 2.82. The highest BCUT2D eigenvalue weighted by Crippen LogP contribution is 2.28. The van der Waals surface area contributed by atoms with E-state index < -0.39 is 12.0 Å². The highest BCUT2D eigenvalue weighted by Gasteiger charge is 2.18. The molecule has 6 heteroatoms. The Morgan fingerprint density at radius 2 is 2.33 bits per heavy atom. The fourth-order valence-electron chi connectivity index (χ4n) is 1.12. The van der Waals surface area contributed by atoms with Crippen LogP contribution in [0.3, 0.4) is 0 Å². The number of nitrogens with two attached hydrogens (primary N) is 1. The van der Waals surface area contributed by atoms with E-state index in [2.05, 4.69) is 4.98 Å². The van der Waals surface area contributed by atoms with E-state index >= 15 is 0 Å². The van der Waals surface area contributed by atoms with Gasteiger partial charge in [0.25, 0.3) is 6.43 Å². The molecule has 80 valence electrons. The Kier molecular flexibility index (Phi) is 3.52. The molecule has 0 atom stereocenters. The molecule has 0 aliphatic rings. The van der Waals surface area contributed by atoms with Gasteiger partial charge in [-0.3, -0.25) is 0 Å². The minimum absolute atomic E-state index is 0.00275. The smallest absolute Gasteiger partial charge is 0.269 e. The SMILES string of the molecule is COc1nc(CN)c(C#N)cc1C(F)F. The van der Waals surface area contributed by atoms with Crippen LogP contribution in [0.4, 0.5) is 8.78 Å². The molecule has 0 bridgehead atoms. The lowest BCUT2D eigenvalue weighted by molar-refractivity contribution is 0.146. The normalized spacial score (nSPS) is 10.1. The second-order valence-corrected chi connectivity index (χ2v) is 2.70. The third-order valence-electron chi connectivity index (χ3n) is 1.84. The Morgan fingerprint density at radius 3 is 2.73 bits per heavy atom.